The van der Waals surface area contributed by atoms with Crippen LogP contribution in [0.2, 0.25) is 0 Å². The Kier molecular flexibility index (Phi) is 5.94. The van der Waals surface area contributed by atoms with Gasteiger partial charge in [-0.2, -0.15) is 4.31 Å². The molecule has 0 aliphatic carbocycles. The molecule has 1 amide bonds. The first-order chi connectivity index (χ1) is 12.4. The van der Waals surface area contributed by atoms with Gasteiger partial charge in [-0.15, -0.1) is 0 Å². The standard InChI is InChI=1S/C18H26FN3O3S/c1-15-4-3-7-21(13-15)18(23)14-20-8-10-22(11-9-20)26(24,25)17-6-2-5-16(19)12-17/h2,5-6,12,15H,3-4,7-11,13-14H2,1H3/t15-/m0/s1. The van der Waals surface area contributed by atoms with Gasteiger partial charge in [0.05, 0.1) is 11.4 Å². The van der Waals surface area contributed by atoms with E-state index in [0.29, 0.717) is 38.6 Å². The van der Waals surface area contributed by atoms with Crippen LogP contribution in [-0.4, -0.2) is 74.2 Å². The van der Waals surface area contributed by atoms with E-state index in [2.05, 4.69) is 6.92 Å². The van der Waals surface area contributed by atoms with Gasteiger partial charge in [-0.3, -0.25) is 9.69 Å². The zero-order valence-electron chi connectivity index (χ0n) is 15.1. The molecule has 0 N–H and O–H groups in total. The molecule has 1 aromatic carbocycles. The lowest BCUT2D eigenvalue weighted by atomic mass is 10.0. The summed E-state index contributed by atoms with van der Waals surface area (Å²) in [6.45, 7) is 5.75. The summed E-state index contributed by atoms with van der Waals surface area (Å²) in [7, 11) is -3.69. The second-order valence-electron chi connectivity index (χ2n) is 7.22. The number of hydrogen-bond acceptors (Lipinski definition) is 4. The van der Waals surface area contributed by atoms with Crippen LogP contribution >= 0.6 is 0 Å². The third-order valence-corrected chi connectivity index (χ3v) is 7.03. The van der Waals surface area contributed by atoms with E-state index in [9.17, 15) is 17.6 Å². The van der Waals surface area contributed by atoms with Gasteiger partial charge in [0.2, 0.25) is 15.9 Å². The Labute approximate surface area is 154 Å². The van der Waals surface area contributed by atoms with Gasteiger partial charge in [0.25, 0.3) is 0 Å². The molecular formula is C18H26FN3O3S. The Balaban J connectivity index is 1.55. The lowest BCUT2D eigenvalue weighted by Crippen LogP contribution is -2.52. The number of halogens is 1. The fourth-order valence-electron chi connectivity index (χ4n) is 3.61. The Hall–Kier alpha value is -1.51. The monoisotopic (exact) mass is 383 g/mol. The van der Waals surface area contributed by atoms with E-state index >= 15 is 0 Å². The van der Waals surface area contributed by atoms with E-state index < -0.39 is 15.8 Å². The molecule has 2 fully saturated rings. The predicted molar refractivity (Wildman–Crippen MR) is 96.6 cm³/mol. The van der Waals surface area contributed by atoms with Crippen LogP contribution in [0.25, 0.3) is 0 Å². The van der Waals surface area contributed by atoms with Crippen molar-refractivity contribution < 1.29 is 17.6 Å². The van der Waals surface area contributed by atoms with Crippen LogP contribution in [0.3, 0.4) is 0 Å². The second kappa shape index (κ2) is 8.02. The molecule has 0 spiro atoms. The van der Waals surface area contributed by atoms with Crippen LogP contribution < -0.4 is 0 Å². The average Bonchev–Trinajstić information content (AvgIpc) is 2.62. The smallest absolute Gasteiger partial charge is 0.243 e. The van der Waals surface area contributed by atoms with Gasteiger partial charge in [0, 0.05) is 39.3 Å². The lowest BCUT2D eigenvalue weighted by Gasteiger charge is -2.36. The first-order valence-corrected chi connectivity index (χ1v) is 10.6. The summed E-state index contributed by atoms with van der Waals surface area (Å²) in [4.78, 5) is 16.4. The minimum absolute atomic E-state index is 0.0238. The lowest BCUT2D eigenvalue weighted by molar-refractivity contribution is -0.134. The summed E-state index contributed by atoms with van der Waals surface area (Å²) in [5.41, 5.74) is 0. The average molecular weight is 383 g/mol. The second-order valence-corrected chi connectivity index (χ2v) is 9.16. The summed E-state index contributed by atoms with van der Waals surface area (Å²) in [6.07, 6.45) is 2.22. The molecule has 0 saturated carbocycles. The zero-order valence-corrected chi connectivity index (χ0v) is 15.9. The zero-order chi connectivity index (χ0) is 18.7. The number of likely N-dealkylation sites (tertiary alicyclic amines) is 1. The summed E-state index contributed by atoms with van der Waals surface area (Å²) in [5, 5.41) is 0. The molecule has 0 aromatic heterocycles. The van der Waals surface area contributed by atoms with Crippen LogP contribution in [-0.2, 0) is 14.8 Å². The summed E-state index contributed by atoms with van der Waals surface area (Å²) >= 11 is 0. The number of piperazine rings is 1. The number of nitrogens with zero attached hydrogens (tertiary/aromatic N) is 3. The maximum Gasteiger partial charge on any atom is 0.243 e. The van der Waals surface area contributed by atoms with E-state index in [1.807, 2.05) is 9.80 Å². The highest BCUT2D eigenvalue weighted by molar-refractivity contribution is 7.89. The summed E-state index contributed by atoms with van der Waals surface area (Å²) < 4.78 is 39.9. The van der Waals surface area contributed by atoms with Crippen LogP contribution in [0, 0.1) is 11.7 Å². The van der Waals surface area contributed by atoms with E-state index in [-0.39, 0.29) is 10.8 Å². The van der Waals surface area contributed by atoms with Gasteiger partial charge >= 0.3 is 0 Å². The molecule has 2 aliphatic heterocycles. The Morgan fingerprint density at radius 2 is 1.92 bits per heavy atom. The Morgan fingerprint density at radius 3 is 2.58 bits per heavy atom. The van der Waals surface area contributed by atoms with Gasteiger partial charge in [-0.1, -0.05) is 13.0 Å². The maximum absolute atomic E-state index is 13.3. The van der Waals surface area contributed by atoms with Crippen molar-refractivity contribution in [3.8, 4) is 0 Å². The van der Waals surface area contributed by atoms with Crippen LogP contribution in [0.15, 0.2) is 29.2 Å². The van der Waals surface area contributed by atoms with Gasteiger partial charge in [0.1, 0.15) is 5.82 Å². The predicted octanol–water partition coefficient (Wildman–Crippen LogP) is 1.39. The summed E-state index contributed by atoms with van der Waals surface area (Å²) in [5.74, 6) is 0.102. The molecule has 2 saturated heterocycles. The quantitative estimate of drug-likeness (QED) is 0.788. The van der Waals surface area contributed by atoms with E-state index in [1.165, 1.54) is 28.9 Å². The fourth-order valence-corrected chi connectivity index (χ4v) is 5.07. The SMILES string of the molecule is C[C@H]1CCCN(C(=O)CN2CCN(S(=O)(=O)c3cccc(F)c3)CC2)C1. The molecule has 0 unspecified atom stereocenters. The molecule has 2 heterocycles. The highest BCUT2D eigenvalue weighted by atomic mass is 32.2. The van der Waals surface area contributed by atoms with Gasteiger partial charge in [-0.05, 0) is 37.0 Å². The van der Waals surface area contributed by atoms with Crippen molar-refractivity contribution in [2.75, 3.05) is 45.8 Å². The number of piperidine rings is 1. The number of amides is 1. The number of sulfonamides is 1. The van der Waals surface area contributed by atoms with Gasteiger partial charge < -0.3 is 4.90 Å². The van der Waals surface area contributed by atoms with Gasteiger partial charge in [0.15, 0.2) is 0 Å². The van der Waals surface area contributed by atoms with Crippen molar-refractivity contribution in [3.63, 3.8) is 0 Å². The molecule has 8 heteroatoms. The Bertz CT molecular complexity index is 748. The van der Waals surface area contributed by atoms with E-state index in [4.69, 9.17) is 0 Å². The summed E-state index contributed by atoms with van der Waals surface area (Å²) in [6, 6.07) is 5.08. The number of carbonyl (C=O) groups excluding carboxylic acids is 1. The van der Waals surface area contributed by atoms with Crippen LogP contribution in [0.4, 0.5) is 4.39 Å². The highest BCUT2D eigenvalue weighted by Gasteiger charge is 2.30. The molecule has 3 rings (SSSR count). The van der Waals surface area contributed by atoms with E-state index in [1.54, 1.807) is 0 Å². The molecule has 1 aromatic rings. The molecule has 0 radical (unpaired) electrons. The number of benzene rings is 1. The molecular weight excluding hydrogens is 357 g/mol. The molecule has 26 heavy (non-hydrogen) atoms. The van der Waals surface area contributed by atoms with Crippen LogP contribution in [0.5, 0.6) is 0 Å². The normalized spacial score (nSPS) is 23.2. The third kappa shape index (κ3) is 4.42. The van der Waals surface area contributed by atoms with Gasteiger partial charge in [-0.25, -0.2) is 12.8 Å². The van der Waals surface area contributed by atoms with Crippen LogP contribution in [0.1, 0.15) is 19.8 Å². The number of rotatable bonds is 4. The molecule has 144 valence electrons. The van der Waals surface area contributed by atoms with Crippen molar-refractivity contribution in [1.29, 1.82) is 0 Å². The first kappa shape index (κ1) is 19.3. The molecule has 0 bridgehead atoms. The minimum atomic E-state index is -3.69. The maximum atomic E-state index is 13.3. The highest BCUT2D eigenvalue weighted by Crippen LogP contribution is 2.19. The molecule has 1 atom stereocenters. The largest absolute Gasteiger partial charge is 0.341 e. The van der Waals surface area contributed by atoms with Crippen molar-refractivity contribution in [1.82, 2.24) is 14.1 Å². The molecule has 6 nitrogen and oxygen atoms in total. The van der Waals surface area contributed by atoms with Crippen molar-refractivity contribution in [2.24, 2.45) is 5.92 Å². The Morgan fingerprint density at radius 1 is 1.19 bits per heavy atom. The number of hydrogen-bond donors (Lipinski definition) is 0. The van der Waals surface area contributed by atoms with Crippen molar-refractivity contribution >= 4 is 15.9 Å². The third-order valence-electron chi connectivity index (χ3n) is 5.13. The number of carbonyl (C=O) groups is 1. The minimum Gasteiger partial charge on any atom is -0.341 e. The topological polar surface area (TPSA) is 60.9 Å². The molecule has 2 aliphatic rings. The van der Waals surface area contributed by atoms with Crippen molar-refractivity contribution in [3.05, 3.63) is 30.1 Å². The van der Waals surface area contributed by atoms with E-state index in [0.717, 1.165) is 25.6 Å². The van der Waals surface area contributed by atoms with Crippen molar-refractivity contribution in [2.45, 2.75) is 24.7 Å². The fraction of sp³-hybridized carbons (Fsp3) is 0.611. The first-order valence-electron chi connectivity index (χ1n) is 9.12.